The molecule has 0 N–H and O–H groups in total. The van der Waals surface area contributed by atoms with Gasteiger partial charge < -0.3 is 4.74 Å². The van der Waals surface area contributed by atoms with E-state index in [0.29, 0.717) is 6.04 Å². The first-order valence-electron chi connectivity index (χ1n) is 7.56. The molecule has 3 atom stereocenters. The van der Waals surface area contributed by atoms with Crippen LogP contribution >= 0.6 is 0 Å². The van der Waals surface area contributed by atoms with Crippen LogP contribution in [-0.2, 0) is 4.74 Å². The molecule has 2 aliphatic rings. The molecule has 1 heterocycles. The first-order valence-corrected chi connectivity index (χ1v) is 7.56. The molecule has 1 aliphatic carbocycles. The van der Waals surface area contributed by atoms with Crippen molar-refractivity contribution in [2.45, 2.75) is 71.1 Å². The van der Waals surface area contributed by atoms with Crippen LogP contribution in [0.25, 0.3) is 0 Å². The Kier molecular flexibility index (Phi) is 3.95. The maximum absolute atomic E-state index is 9.43. The molecule has 0 aromatic heterocycles. The first kappa shape index (κ1) is 14.8. The number of nitrogens with zero attached hydrogens (tertiary/aromatic N) is 2. The molecule has 3 nitrogen and oxygen atoms in total. The topological polar surface area (TPSA) is 36.3 Å². The molecule has 2 fully saturated rings. The van der Waals surface area contributed by atoms with Gasteiger partial charge in [-0.15, -0.1) is 0 Å². The molecule has 1 saturated heterocycles. The lowest BCUT2D eigenvalue weighted by atomic mass is 9.78. The SMILES string of the molecule is CC1CCC(C#N)C(N2CC(C)(C)OC(C)(C)C2)C1. The van der Waals surface area contributed by atoms with Crippen molar-refractivity contribution >= 4 is 0 Å². The summed E-state index contributed by atoms with van der Waals surface area (Å²) in [5.74, 6) is 0.935. The number of morpholine rings is 1. The highest BCUT2D eigenvalue weighted by atomic mass is 16.5. The van der Waals surface area contributed by atoms with Crippen LogP contribution in [0.5, 0.6) is 0 Å². The predicted molar refractivity (Wildman–Crippen MR) is 76.7 cm³/mol. The predicted octanol–water partition coefficient (Wildman–Crippen LogP) is 3.20. The lowest BCUT2D eigenvalue weighted by Gasteiger charge is -2.51. The van der Waals surface area contributed by atoms with Gasteiger partial charge in [-0.1, -0.05) is 6.92 Å². The van der Waals surface area contributed by atoms with Crippen LogP contribution in [-0.4, -0.2) is 35.2 Å². The number of ether oxygens (including phenoxy) is 1. The molecule has 1 saturated carbocycles. The van der Waals surface area contributed by atoms with Crippen LogP contribution in [0.1, 0.15) is 53.9 Å². The molecule has 0 spiro atoms. The Morgan fingerprint density at radius 2 is 1.68 bits per heavy atom. The van der Waals surface area contributed by atoms with Crippen LogP contribution < -0.4 is 0 Å². The number of hydrogen-bond acceptors (Lipinski definition) is 3. The molecule has 3 heteroatoms. The summed E-state index contributed by atoms with van der Waals surface area (Å²) in [6, 6.07) is 2.96. The standard InChI is InChI=1S/C16H28N2O/c1-12-6-7-13(9-17)14(8-12)18-10-15(2,3)19-16(4,5)11-18/h12-14H,6-8,10-11H2,1-5H3. The van der Waals surface area contributed by atoms with Gasteiger partial charge in [0.05, 0.1) is 23.2 Å². The Bertz CT molecular complexity index is 353. The van der Waals surface area contributed by atoms with E-state index in [4.69, 9.17) is 4.74 Å². The number of nitriles is 1. The van der Waals surface area contributed by atoms with Crippen molar-refractivity contribution in [2.75, 3.05) is 13.1 Å². The second-order valence-electron chi connectivity index (χ2n) is 7.75. The van der Waals surface area contributed by atoms with Crippen LogP contribution in [0, 0.1) is 23.2 Å². The fourth-order valence-electron chi connectivity index (χ4n) is 3.99. The Balaban J connectivity index is 2.17. The van der Waals surface area contributed by atoms with Gasteiger partial charge in [0, 0.05) is 19.1 Å². The maximum atomic E-state index is 9.43. The maximum Gasteiger partial charge on any atom is 0.0760 e. The van der Waals surface area contributed by atoms with Crippen molar-refractivity contribution in [3.8, 4) is 6.07 Å². The Morgan fingerprint density at radius 1 is 1.11 bits per heavy atom. The highest BCUT2D eigenvalue weighted by Crippen LogP contribution is 2.37. The smallest absolute Gasteiger partial charge is 0.0760 e. The van der Waals surface area contributed by atoms with E-state index in [9.17, 15) is 5.26 Å². The van der Waals surface area contributed by atoms with Gasteiger partial charge in [0.15, 0.2) is 0 Å². The fraction of sp³-hybridized carbons (Fsp3) is 0.938. The van der Waals surface area contributed by atoms with Crippen molar-refractivity contribution in [3.63, 3.8) is 0 Å². The van der Waals surface area contributed by atoms with E-state index in [2.05, 4.69) is 45.6 Å². The first-order chi connectivity index (χ1) is 8.72. The minimum Gasteiger partial charge on any atom is -0.367 e. The summed E-state index contributed by atoms with van der Waals surface area (Å²) < 4.78 is 6.15. The molecular weight excluding hydrogens is 236 g/mol. The van der Waals surface area contributed by atoms with Crippen molar-refractivity contribution in [1.29, 1.82) is 5.26 Å². The van der Waals surface area contributed by atoms with E-state index in [1.807, 2.05) is 0 Å². The molecule has 1 aliphatic heterocycles. The minimum absolute atomic E-state index is 0.123. The van der Waals surface area contributed by atoms with E-state index in [1.54, 1.807) is 0 Å². The normalized spacial score (nSPS) is 38.6. The van der Waals surface area contributed by atoms with Gasteiger partial charge in [0.25, 0.3) is 0 Å². The van der Waals surface area contributed by atoms with Gasteiger partial charge in [0.1, 0.15) is 0 Å². The molecular formula is C16H28N2O. The molecule has 0 aromatic carbocycles. The largest absolute Gasteiger partial charge is 0.367 e. The van der Waals surface area contributed by atoms with E-state index < -0.39 is 0 Å². The van der Waals surface area contributed by atoms with Gasteiger partial charge in [-0.25, -0.2) is 0 Å². The summed E-state index contributed by atoms with van der Waals surface area (Å²) in [6.45, 7) is 12.8. The summed E-state index contributed by atoms with van der Waals surface area (Å²) in [5.41, 5.74) is -0.245. The molecule has 0 bridgehead atoms. The van der Waals surface area contributed by atoms with Crippen molar-refractivity contribution in [2.24, 2.45) is 11.8 Å². The van der Waals surface area contributed by atoms with Crippen molar-refractivity contribution < 1.29 is 4.74 Å². The lowest BCUT2D eigenvalue weighted by Crippen LogP contribution is -2.61. The zero-order chi connectivity index (χ0) is 14.3. The van der Waals surface area contributed by atoms with Gasteiger partial charge in [-0.05, 0) is 52.9 Å². The molecule has 0 aromatic rings. The van der Waals surface area contributed by atoms with Gasteiger partial charge in [-0.2, -0.15) is 5.26 Å². The quantitative estimate of drug-likeness (QED) is 0.729. The highest BCUT2D eigenvalue weighted by molar-refractivity contribution is 5.01. The second kappa shape index (κ2) is 5.07. The number of rotatable bonds is 1. The zero-order valence-electron chi connectivity index (χ0n) is 13.1. The summed E-state index contributed by atoms with van der Waals surface area (Å²) >= 11 is 0. The van der Waals surface area contributed by atoms with E-state index in [0.717, 1.165) is 31.8 Å². The van der Waals surface area contributed by atoms with Crippen molar-refractivity contribution in [1.82, 2.24) is 4.90 Å². The van der Waals surface area contributed by atoms with E-state index >= 15 is 0 Å². The van der Waals surface area contributed by atoms with E-state index in [-0.39, 0.29) is 17.1 Å². The molecule has 108 valence electrons. The molecule has 19 heavy (non-hydrogen) atoms. The van der Waals surface area contributed by atoms with Crippen LogP contribution in [0.3, 0.4) is 0 Å². The van der Waals surface area contributed by atoms with Gasteiger partial charge in [0.2, 0.25) is 0 Å². The Labute approximate surface area is 117 Å². The minimum atomic E-state index is -0.123. The van der Waals surface area contributed by atoms with Crippen LogP contribution in [0.15, 0.2) is 0 Å². The zero-order valence-corrected chi connectivity index (χ0v) is 13.1. The summed E-state index contributed by atoms with van der Waals surface area (Å²) in [7, 11) is 0. The highest BCUT2D eigenvalue weighted by Gasteiger charge is 2.43. The second-order valence-corrected chi connectivity index (χ2v) is 7.75. The van der Waals surface area contributed by atoms with Crippen LogP contribution in [0.4, 0.5) is 0 Å². The fourth-order valence-corrected chi connectivity index (χ4v) is 3.99. The molecule has 0 radical (unpaired) electrons. The third-order valence-electron chi connectivity index (χ3n) is 4.43. The summed E-state index contributed by atoms with van der Waals surface area (Å²) in [6.07, 6.45) is 3.41. The Morgan fingerprint density at radius 3 is 2.21 bits per heavy atom. The lowest BCUT2D eigenvalue weighted by molar-refractivity contribution is -0.192. The summed E-state index contributed by atoms with van der Waals surface area (Å²) in [5, 5.41) is 9.43. The average Bonchev–Trinajstić information content (AvgIpc) is 2.24. The third kappa shape index (κ3) is 3.49. The van der Waals surface area contributed by atoms with E-state index in [1.165, 1.54) is 6.42 Å². The molecule has 0 amide bonds. The van der Waals surface area contributed by atoms with Crippen molar-refractivity contribution in [3.05, 3.63) is 0 Å². The molecule has 3 unspecified atom stereocenters. The van der Waals surface area contributed by atoms with Crippen LogP contribution in [0.2, 0.25) is 0 Å². The Hall–Kier alpha value is -0.590. The monoisotopic (exact) mass is 264 g/mol. The number of hydrogen-bond donors (Lipinski definition) is 0. The van der Waals surface area contributed by atoms with Gasteiger partial charge >= 0.3 is 0 Å². The average molecular weight is 264 g/mol. The third-order valence-corrected chi connectivity index (χ3v) is 4.43. The summed E-state index contributed by atoms with van der Waals surface area (Å²) in [4.78, 5) is 2.52. The molecule has 2 rings (SSSR count). The van der Waals surface area contributed by atoms with Gasteiger partial charge in [-0.3, -0.25) is 4.90 Å².